The van der Waals surface area contributed by atoms with Crippen LogP contribution in [0.4, 0.5) is 10.6 Å². The summed E-state index contributed by atoms with van der Waals surface area (Å²) in [7, 11) is -0.267. The topological polar surface area (TPSA) is 227 Å². The average Bonchev–Trinajstić information content (AvgIpc) is 2.74. The predicted molar refractivity (Wildman–Crippen MR) is 113 cm³/mol. The van der Waals surface area contributed by atoms with Crippen LogP contribution in [-0.4, -0.2) is 86.4 Å². The molecule has 0 saturated carbocycles. The third-order valence-electron chi connectivity index (χ3n) is 4.52. The normalized spacial score (nSPS) is 12.2. The van der Waals surface area contributed by atoms with Gasteiger partial charge in [-0.15, -0.1) is 0 Å². The second-order valence-corrected chi connectivity index (χ2v) is 7.00. The van der Waals surface area contributed by atoms with Crippen LogP contribution in [-0.2, 0) is 19.2 Å². The number of pyridine rings is 1. The van der Waals surface area contributed by atoms with E-state index in [2.05, 4.69) is 10.3 Å². The van der Waals surface area contributed by atoms with Crippen LogP contribution in [0.25, 0.3) is 0 Å². The van der Waals surface area contributed by atoms with Crippen LogP contribution in [0.2, 0.25) is 0 Å². The van der Waals surface area contributed by atoms with Crippen molar-refractivity contribution in [3.05, 3.63) is 18.3 Å². The molecule has 0 aliphatic carbocycles. The minimum Gasteiger partial charge on any atom is -0.481 e. The predicted octanol–water partition coefficient (Wildman–Crippen LogP) is -2.04. The number of hydrogen-bond acceptors (Lipinski definition) is 8. The number of nitrogens with one attached hydrogen (secondary N) is 2. The Labute approximate surface area is 188 Å². The molecular formula is C18H25BN4O10. The van der Waals surface area contributed by atoms with Crippen molar-refractivity contribution in [3.8, 4) is 0 Å². The molecule has 15 heteroatoms. The average molecular weight is 468 g/mol. The molecule has 0 fully saturated rings. The Morgan fingerprint density at radius 3 is 2.00 bits per heavy atom. The molecule has 0 bridgehead atoms. The maximum absolute atomic E-state index is 12.3. The van der Waals surface area contributed by atoms with Gasteiger partial charge in [-0.3, -0.25) is 14.5 Å². The monoisotopic (exact) mass is 468 g/mol. The highest BCUT2D eigenvalue weighted by molar-refractivity contribution is 6.58. The molecule has 0 radical (unpaired) electrons. The van der Waals surface area contributed by atoms with Crippen LogP contribution in [0.15, 0.2) is 18.3 Å². The fourth-order valence-corrected chi connectivity index (χ4v) is 2.64. The number of rotatable bonds is 13. The molecule has 1 aromatic heterocycles. The molecule has 1 aromatic rings. The standard InChI is InChI=1S/C18H25BN4O10/c1-23(13-7-5-10(9-20-13)19(32)33)14(24)4-2-3-11(16(27)28)21-18(31)22-12(17(29)30)6-8-15(25)26/h5,7,9,11-12,32-33H,2-4,6,8H2,1H3,(H,25,26)(H,27,28)(H,29,30)(H2,21,22,31)/t11-,12-/m0/s1. The van der Waals surface area contributed by atoms with E-state index in [4.69, 9.17) is 20.3 Å². The molecule has 1 rings (SSSR count). The minimum absolute atomic E-state index is 0.0647. The summed E-state index contributed by atoms with van der Waals surface area (Å²) in [4.78, 5) is 62.5. The van der Waals surface area contributed by atoms with E-state index in [-0.39, 0.29) is 37.0 Å². The lowest BCUT2D eigenvalue weighted by atomic mass is 9.82. The second kappa shape index (κ2) is 13.0. The van der Waals surface area contributed by atoms with Gasteiger partial charge < -0.3 is 36.0 Å². The first-order valence-electron chi connectivity index (χ1n) is 9.75. The molecule has 0 spiro atoms. The molecule has 7 N–H and O–H groups in total. The molecule has 180 valence electrons. The maximum Gasteiger partial charge on any atom is 0.490 e. The van der Waals surface area contributed by atoms with Crippen molar-refractivity contribution in [3.63, 3.8) is 0 Å². The highest BCUT2D eigenvalue weighted by Crippen LogP contribution is 2.11. The van der Waals surface area contributed by atoms with Gasteiger partial charge in [0.2, 0.25) is 5.91 Å². The second-order valence-electron chi connectivity index (χ2n) is 7.00. The maximum atomic E-state index is 12.3. The van der Waals surface area contributed by atoms with E-state index in [0.717, 1.165) is 0 Å². The van der Waals surface area contributed by atoms with Gasteiger partial charge in [0.15, 0.2) is 0 Å². The summed E-state index contributed by atoms with van der Waals surface area (Å²) in [6.45, 7) is 0. The number of urea groups is 1. The minimum atomic E-state index is -1.70. The first-order chi connectivity index (χ1) is 15.4. The zero-order chi connectivity index (χ0) is 25.1. The molecule has 1 heterocycles. The number of nitrogens with zero attached hydrogens (tertiary/aromatic N) is 2. The highest BCUT2D eigenvalue weighted by atomic mass is 16.4. The van der Waals surface area contributed by atoms with Gasteiger partial charge in [0, 0.05) is 31.5 Å². The number of carboxylic acid groups (broad SMARTS) is 3. The third kappa shape index (κ3) is 9.53. The van der Waals surface area contributed by atoms with Gasteiger partial charge in [-0.25, -0.2) is 19.4 Å². The number of hydrogen-bond donors (Lipinski definition) is 7. The Balaban J connectivity index is 2.58. The smallest absolute Gasteiger partial charge is 0.481 e. The quantitative estimate of drug-likeness (QED) is 0.156. The number of anilines is 1. The summed E-state index contributed by atoms with van der Waals surface area (Å²) in [6, 6.07) is -1.25. The Kier molecular flexibility index (Phi) is 10.7. The lowest BCUT2D eigenvalue weighted by molar-refractivity contribution is -0.140. The summed E-state index contributed by atoms with van der Waals surface area (Å²) < 4.78 is 0. The summed E-state index contributed by atoms with van der Waals surface area (Å²) in [5.74, 6) is -4.30. The van der Waals surface area contributed by atoms with Gasteiger partial charge >= 0.3 is 31.1 Å². The van der Waals surface area contributed by atoms with Gasteiger partial charge in [0.05, 0.1) is 0 Å². The number of carbonyl (C=O) groups excluding carboxylic acids is 2. The first-order valence-corrected chi connectivity index (χ1v) is 9.75. The van der Waals surface area contributed by atoms with Gasteiger partial charge in [0.1, 0.15) is 17.9 Å². The summed E-state index contributed by atoms with van der Waals surface area (Å²) >= 11 is 0. The zero-order valence-electron chi connectivity index (χ0n) is 17.7. The molecule has 14 nitrogen and oxygen atoms in total. The van der Waals surface area contributed by atoms with E-state index in [1.807, 2.05) is 5.32 Å². The van der Waals surface area contributed by atoms with Crippen molar-refractivity contribution >= 4 is 48.2 Å². The van der Waals surface area contributed by atoms with Gasteiger partial charge in [0.25, 0.3) is 0 Å². The van der Waals surface area contributed by atoms with E-state index >= 15 is 0 Å². The highest BCUT2D eigenvalue weighted by Gasteiger charge is 2.25. The Hall–Kier alpha value is -3.72. The van der Waals surface area contributed by atoms with Crippen molar-refractivity contribution in [2.45, 2.75) is 44.2 Å². The zero-order valence-corrected chi connectivity index (χ0v) is 17.7. The van der Waals surface area contributed by atoms with Gasteiger partial charge in [-0.2, -0.15) is 0 Å². The van der Waals surface area contributed by atoms with Crippen LogP contribution in [0.5, 0.6) is 0 Å². The lowest BCUT2D eigenvalue weighted by Gasteiger charge is -2.19. The van der Waals surface area contributed by atoms with Crippen molar-refractivity contribution in [1.29, 1.82) is 0 Å². The Bertz CT molecular complexity index is 864. The van der Waals surface area contributed by atoms with E-state index in [1.165, 1.54) is 30.3 Å². The Morgan fingerprint density at radius 1 is 0.970 bits per heavy atom. The first kappa shape index (κ1) is 27.3. The van der Waals surface area contributed by atoms with Crippen molar-refractivity contribution in [2.24, 2.45) is 0 Å². The fourth-order valence-electron chi connectivity index (χ4n) is 2.64. The molecule has 0 aliphatic rings. The van der Waals surface area contributed by atoms with E-state index in [1.54, 1.807) is 0 Å². The Morgan fingerprint density at radius 2 is 1.55 bits per heavy atom. The molecule has 0 saturated heterocycles. The molecule has 0 aliphatic heterocycles. The number of carbonyl (C=O) groups is 5. The summed E-state index contributed by atoms with van der Waals surface area (Å²) in [5.41, 5.74) is 0.140. The third-order valence-corrected chi connectivity index (χ3v) is 4.52. The van der Waals surface area contributed by atoms with Gasteiger partial charge in [-0.1, -0.05) is 6.07 Å². The molecule has 3 amide bonds. The van der Waals surface area contributed by atoms with Crippen molar-refractivity contribution in [1.82, 2.24) is 15.6 Å². The fraction of sp³-hybridized carbons (Fsp3) is 0.444. The van der Waals surface area contributed by atoms with E-state index < -0.39 is 55.5 Å². The van der Waals surface area contributed by atoms with Crippen LogP contribution >= 0.6 is 0 Å². The van der Waals surface area contributed by atoms with Crippen LogP contribution in [0, 0.1) is 0 Å². The number of carboxylic acids is 3. The molecule has 0 aromatic carbocycles. The number of aliphatic carboxylic acids is 3. The molecular weight excluding hydrogens is 443 g/mol. The van der Waals surface area contributed by atoms with Crippen LogP contribution in [0.3, 0.4) is 0 Å². The lowest BCUT2D eigenvalue weighted by Crippen LogP contribution is -2.51. The van der Waals surface area contributed by atoms with Crippen LogP contribution in [0.1, 0.15) is 32.1 Å². The van der Waals surface area contributed by atoms with Crippen molar-refractivity contribution in [2.75, 3.05) is 11.9 Å². The summed E-state index contributed by atoms with van der Waals surface area (Å²) in [5, 5.41) is 49.2. The van der Waals surface area contributed by atoms with Gasteiger partial charge in [-0.05, 0) is 25.3 Å². The molecule has 0 unspecified atom stereocenters. The summed E-state index contributed by atoms with van der Waals surface area (Å²) in [6.07, 6.45) is 0.128. The van der Waals surface area contributed by atoms with Crippen LogP contribution < -0.4 is 21.0 Å². The van der Waals surface area contributed by atoms with Crippen molar-refractivity contribution < 1.29 is 49.3 Å². The molecule has 33 heavy (non-hydrogen) atoms. The number of aromatic nitrogens is 1. The largest absolute Gasteiger partial charge is 0.490 e. The molecule has 2 atom stereocenters. The number of amides is 3. The van der Waals surface area contributed by atoms with E-state index in [9.17, 15) is 29.1 Å². The SMILES string of the molecule is CN(C(=O)CCC[C@H](NC(=O)N[C@@H](CCC(=O)O)C(=O)O)C(=O)O)c1ccc(B(O)O)cn1. The van der Waals surface area contributed by atoms with E-state index in [0.29, 0.717) is 0 Å².